The van der Waals surface area contributed by atoms with Gasteiger partial charge in [-0.25, -0.2) is 9.69 Å². The van der Waals surface area contributed by atoms with Crippen LogP contribution in [0.1, 0.15) is 21.6 Å². The van der Waals surface area contributed by atoms with E-state index < -0.39 is 21.8 Å². The number of rotatable bonds is 8. The summed E-state index contributed by atoms with van der Waals surface area (Å²) in [4.78, 5) is 63.2. The standard InChI is InChI=1S/C32H24ClN5O8/c1-19-27(28-17-26(46-2)15-16-29(28)35(19)31(40)20-3-5-21(33)6-4-20)18-30(39)36(23-11-13-25(14-12-23)38(44)45)32(41)34-22-7-9-24(10-8-22)37(42)43/h3-17H,18H2,1-2H3,(H,34,41). The van der Waals surface area contributed by atoms with Crippen molar-refractivity contribution in [3.63, 3.8) is 0 Å². The van der Waals surface area contributed by atoms with Crippen molar-refractivity contribution in [2.24, 2.45) is 0 Å². The van der Waals surface area contributed by atoms with E-state index in [1.54, 1.807) is 49.4 Å². The van der Waals surface area contributed by atoms with Crippen LogP contribution in [-0.4, -0.2) is 39.4 Å². The van der Waals surface area contributed by atoms with Gasteiger partial charge in [0.25, 0.3) is 17.3 Å². The van der Waals surface area contributed by atoms with Gasteiger partial charge in [-0.15, -0.1) is 0 Å². The maximum absolute atomic E-state index is 14.0. The van der Waals surface area contributed by atoms with E-state index in [0.717, 1.165) is 17.0 Å². The zero-order valence-corrected chi connectivity index (χ0v) is 25.1. The number of amides is 3. The molecule has 0 radical (unpaired) electrons. The number of carbonyl (C=O) groups is 3. The summed E-state index contributed by atoms with van der Waals surface area (Å²) < 4.78 is 6.87. The molecule has 5 aromatic rings. The summed E-state index contributed by atoms with van der Waals surface area (Å²) in [7, 11) is 1.48. The van der Waals surface area contributed by atoms with Gasteiger partial charge in [-0.3, -0.25) is 34.4 Å². The molecule has 0 saturated heterocycles. The SMILES string of the molecule is COc1ccc2c(c1)c(CC(=O)N(C(=O)Nc1ccc([N+](=O)[O-])cc1)c1ccc([N+](=O)[O-])cc1)c(C)n2C(=O)c1ccc(Cl)cc1. The fourth-order valence-electron chi connectivity index (χ4n) is 4.97. The number of nitrogens with one attached hydrogen (secondary N) is 1. The highest BCUT2D eigenvalue weighted by Crippen LogP contribution is 2.32. The molecule has 0 aliphatic rings. The normalized spacial score (nSPS) is 10.8. The fourth-order valence-corrected chi connectivity index (χ4v) is 5.10. The second kappa shape index (κ2) is 12.9. The molecule has 1 aromatic heterocycles. The number of hydrogen-bond acceptors (Lipinski definition) is 8. The number of urea groups is 1. The summed E-state index contributed by atoms with van der Waals surface area (Å²) in [6.07, 6.45) is -0.360. The van der Waals surface area contributed by atoms with Crippen LogP contribution in [0, 0.1) is 27.2 Å². The molecule has 232 valence electrons. The Morgan fingerprint density at radius 1 is 0.870 bits per heavy atom. The molecule has 1 N–H and O–H groups in total. The predicted molar refractivity (Wildman–Crippen MR) is 171 cm³/mol. The predicted octanol–water partition coefficient (Wildman–Crippen LogP) is 6.92. The maximum atomic E-state index is 14.0. The molecule has 13 nitrogen and oxygen atoms in total. The average molecular weight is 642 g/mol. The number of fused-ring (bicyclic) bond motifs is 1. The first-order chi connectivity index (χ1) is 22.0. The highest BCUT2D eigenvalue weighted by Gasteiger charge is 2.28. The molecule has 3 amide bonds. The zero-order chi connectivity index (χ0) is 33.1. The number of anilines is 2. The van der Waals surface area contributed by atoms with Crippen LogP contribution >= 0.6 is 11.6 Å². The minimum absolute atomic E-state index is 0.0335. The van der Waals surface area contributed by atoms with E-state index in [0.29, 0.717) is 38.5 Å². The number of aromatic nitrogens is 1. The number of nitro benzene ring substituents is 2. The number of ether oxygens (including phenoxy) is 1. The highest BCUT2D eigenvalue weighted by atomic mass is 35.5. The smallest absolute Gasteiger partial charge is 0.333 e. The van der Waals surface area contributed by atoms with Crippen LogP contribution in [0.5, 0.6) is 5.75 Å². The van der Waals surface area contributed by atoms with Gasteiger partial charge in [-0.1, -0.05) is 11.6 Å². The lowest BCUT2D eigenvalue weighted by Crippen LogP contribution is -2.41. The van der Waals surface area contributed by atoms with Crippen molar-refractivity contribution in [2.45, 2.75) is 13.3 Å². The summed E-state index contributed by atoms with van der Waals surface area (Å²) in [6, 6.07) is 20.3. The lowest BCUT2D eigenvalue weighted by atomic mass is 10.1. The molecular formula is C32H24ClN5O8. The van der Waals surface area contributed by atoms with Crippen LogP contribution in [-0.2, 0) is 11.2 Å². The summed E-state index contributed by atoms with van der Waals surface area (Å²) in [5.41, 5.74) is 1.49. The van der Waals surface area contributed by atoms with Crippen molar-refractivity contribution in [2.75, 3.05) is 17.3 Å². The number of carbonyl (C=O) groups excluding carboxylic acids is 3. The van der Waals surface area contributed by atoms with Crippen LogP contribution in [0.15, 0.2) is 91.0 Å². The third kappa shape index (κ3) is 6.25. The summed E-state index contributed by atoms with van der Waals surface area (Å²) >= 11 is 6.02. The molecule has 0 spiro atoms. The molecule has 0 unspecified atom stereocenters. The number of nitrogens with zero attached hydrogens (tertiary/aromatic N) is 4. The Labute approximate surface area is 265 Å². The Bertz CT molecular complexity index is 2010. The van der Waals surface area contributed by atoms with Gasteiger partial charge in [0, 0.05) is 51.6 Å². The van der Waals surface area contributed by atoms with E-state index in [-0.39, 0.29) is 35.1 Å². The first-order valence-electron chi connectivity index (χ1n) is 13.6. The number of imide groups is 1. The number of benzene rings is 4. The molecule has 0 bridgehead atoms. The number of hydrogen-bond donors (Lipinski definition) is 1. The fraction of sp³-hybridized carbons (Fsp3) is 0.0938. The largest absolute Gasteiger partial charge is 0.497 e. The van der Waals surface area contributed by atoms with Crippen molar-refractivity contribution in [1.82, 2.24) is 4.57 Å². The molecule has 5 rings (SSSR count). The van der Waals surface area contributed by atoms with Crippen LogP contribution in [0.4, 0.5) is 27.5 Å². The molecule has 14 heteroatoms. The zero-order valence-electron chi connectivity index (χ0n) is 24.3. The van der Waals surface area contributed by atoms with Crippen molar-refractivity contribution < 1.29 is 29.0 Å². The molecule has 0 saturated carbocycles. The molecule has 4 aromatic carbocycles. The van der Waals surface area contributed by atoms with E-state index in [1.165, 1.54) is 48.1 Å². The average Bonchev–Trinajstić information content (AvgIpc) is 3.31. The van der Waals surface area contributed by atoms with Crippen molar-refractivity contribution in [3.05, 3.63) is 133 Å². The van der Waals surface area contributed by atoms with Crippen LogP contribution < -0.4 is 15.0 Å². The maximum Gasteiger partial charge on any atom is 0.333 e. The molecular weight excluding hydrogens is 618 g/mol. The third-order valence-electron chi connectivity index (χ3n) is 7.26. The van der Waals surface area contributed by atoms with Crippen molar-refractivity contribution in [3.8, 4) is 5.75 Å². The van der Waals surface area contributed by atoms with E-state index in [9.17, 15) is 34.6 Å². The second-order valence-electron chi connectivity index (χ2n) is 10.0. The first kappa shape index (κ1) is 31.3. The molecule has 0 atom stereocenters. The van der Waals surface area contributed by atoms with Gasteiger partial charge < -0.3 is 10.1 Å². The second-order valence-corrected chi connectivity index (χ2v) is 10.4. The van der Waals surface area contributed by atoms with Gasteiger partial charge in [0.1, 0.15) is 5.75 Å². The van der Waals surface area contributed by atoms with Gasteiger partial charge in [0.15, 0.2) is 0 Å². The Kier molecular flexibility index (Phi) is 8.78. The van der Waals surface area contributed by atoms with Crippen LogP contribution in [0.25, 0.3) is 10.9 Å². The van der Waals surface area contributed by atoms with Crippen molar-refractivity contribution >= 4 is 63.1 Å². The van der Waals surface area contributed by atoms with Crippen molar-refractivity contribution in [1.29, 1.82) is 0 Å². The molecule has 46 heavy (non-hydrogen) atoms. The lowest BCUT2D eigenvalue weighted by Gasteiger charge is -2.22. The van der Waals surface area contributed by atoms with E-state index in [2.05, 4.69) is 5.32 Å². The molecule has 0 aliphatic heterocycles. The highest BCUT2D eigenvalue weighted by molar-refractivity contribution is 6.30. The third-order valence-corrected chi connectivity index (χ3v) is 7.52. The van der Waals surface area contributed by atoms with Gasteiger partial charge in [0.2, 0.25) is 5.91 Å². The lowest BCUT2D eigenvalue weighted by molar-refractivity contribution is -0.385. The Morgan fingerprint density at radius 2 is 1.46 bits per heavy atom. The number of halogens is 1. The van der Waals surface area contributed by atoms with Crippen LogP contribution in [0.2, 0.25) is 5.02 Å². The summed E-state index contributed by atoms with van der Waals surface area (Å²) in [5, 5.41) is 25.8. The molecule has 1 heterocycles. The topological polar surface area (TPSA) is 167 Å². The number of non-ortho nitro benzene ring substituents is 2. The van der Waals surface area contributed by atoms with Gasteiger partial charge >= 0.3 is 6.03 Å². The van der Waals surface area contributed by atoms with Gasteiger partial charge in [-0.05, 0) is 79.2 Å². The Hall–Kier alpha value is -6.08. The summed E-state index contributed by atoms with van der Waals surface area (Å²) in [5.74, 6) is -0.622. The van der Waals surface area contributed by atoms with Gasteiger partial charge in [-0.2, -0.15) is 0 Å². The molecule has 0 fully saturated rings. The van der Waals surface area contributed by atoms with E-state index in [4.69, 9.17) is 16.3 Å². The number of nitro groups is 2. The minimum Gasteiger partial charge on any atom is -0.497 e. The summed E-state index contributed by atoms with van der Waals surface area (Å²) in [6.45, 7) is 1.68. The van der Waals surface area contributed by atoms with Crippen LogP contribution in [0.3, 0.4) is 0 Å². The minimum atomic E-state index is -0.913. The van der Waals surface area contributed by atoms with E-state index in [1.807, 2.05) is 0 Å². The molecule has 0 aliphatic carbocycles. The monoisotopic (exact) mass is 641 g/mol. The Morgan fingerprint density at radius 3 is 2.02 bits per heavy atom. The van der Waals surface area contributed by atoms with E-state index >= 15 is 0 Å². The number of methoxy groups -OCH3 is 1. The first-order valence-corrected chi connectivity index (χ1v) is 14.0. The Balaban J connectivity index is 1.56. The van der Waals surface area contributed by atoms with Gasteiger partial charge in [0.05, 0.1) is 34.6 Å². The quantitative estimate of drug-likeness (QED) is 0.141.